The maximum Gasteiger partial charge on any atom is 0.410 e. The van der Waals surface area contributed by atoms with Gasteiger partial charge >= 0.3 is 18.0 Å². The number of carbonyl (C=O) groups is 3. The summed E-state index contributed by atoms with van der Waals surface area (Å²) in [4.78, 5) is 37.8. The van der Waals surface area contributed by atoms with Gasteiger partial charge in [-0.2, -0.15) is 0 Å². The van der Waals surface area contributed by atoms with Crippen LogP contribution >= 0.6 is 0 Å². The summed E-state index contributed by atoms with van der Waals surface area (Å²) in [5.74, 6) is -1.85. The van der Waals surface area contributed by atoms with Crippen LogP contribution in [0, 0.1) is 0 Å². The molecule has 0 bridgehead atoms. The highest BCUT2D eigenvalue weighted by atomic mass is 16.6. The molecule has 146 valence electrons. The number of nitrogens with zero attached hydrogens (tertiary/aromatic N) is 1. The number of hydrogen-bond donors (Lipinski definition) is 1. The molecule has 2 aromatic rings. The maximum absolute atomic E-state index is 12.5. The van der Waals surface area contributed by atoms with Crippen molar-refractivity contribution in [3.8, 4) is 0 Å². The second-order valence-corrected chi connectivity index (χ2v) is 6.47. The summed E-state index contributed by atoms with van der Waals surface area (Å²) in [5, 5.41) is 9.66. The average Bonchev–Trinajstić information content (AvgIpc) is 2.73. The van der Waals surface area contributed by atoms with E-state index in [9.17, 15) is 19.5 Å². The summed E-state index contributed by atoms with van der Waals surface area (Å²) in [6, 6.07) is 16.2. The van der Waals surface area contributed by atoms with E-state index in [0.717, 1.165) is 10.5 Å². The predicted molar refractivity (Wildman–Crippen MR) is 99.6 cm³/mol. The maximum atomic E-state index is 12.5. The first-order valence-electron chi connectivity index (χ1n) is 9.02. The van der Waals surface area contributed by atoms with Gasteiger partial charge in [0.1, 0.15) is 12.7 Å². The molecule has 1 aliphatic heterocycles. The van der Waals surface area contributed by atoms with Gasteiger partial charge in [0.15, 0.2) is 6.04 Å². The molecule has 7 heteroatoms. The molecule has 1 heterocycles. The fourth-order valence-electron chi connectivity index (χ4n) is 3.16. The molecule has 1 N–H and O–H groups in total. The average molecular weight is 383 g/mol. The monoisotopic (exact) mass is 383 g/mol. The summed E-state index contributed by atoms with van der Waals surface area (Å²) >= 11 is 0. The van der Waals surface area contributed by atoms with Gasteiger partial charge in [-0.3, -0.25) is 4.90 Å². The number of carboxylic acid groups (broad SMARTS) is 1. The van der Waals surface area contributed by atoms with E-state index >= 15 is 0 Å². The largest absolute Gasteiger partial charge is 0.480 e. The zero-order valence-corrected chi connectivity index (χ0v) is 15.2. The Morgan fingerprint density at radius 3 is 2.29 bits per heavy atom. The summed E-state index contributed by atoms with van der Waals surface area (Å²) < 4.78 is 10.7. The number of esters is 1. The van der Waals surface area contributed by atoms with Crippen LogP contribution in [0.3, 0.4) is 0 Å². The van der Waals surface area contributed by atoms with Crippen LogP contribution in [0.1, 0.15) is 28.8 Å². The molecule has 2 aromatic carbocycles. The second kappa shape index (κ2) is 9.03. The highest BCUT2D eigenvalue weighted by molar-refractivity contribution is 5.90. The molecule has 1 amide bonds. The van der Waals surface area contributed by atoms with Gasteiger partial charge in [0.05, 0.1) is 5.56 Å². The first-order valence-corrected chi connectivity index (χ1v) is 9.02. The lowest BCUT2D eigenvalue weighted by Crippen LogP contribution is -2.56. The van der Waals surface area contributed by atoms with Crippen molar-refractivity contribution in [2.24, 2.45) is 0 Å². The van der Waals surface area contributed by atoms with Gasteiger partial charge in [0, 0.05) is 6.54 Å². The third kappa shape index (κ3) is 4.68. The van der Waals surface area contributed by atoms with Crippen molar-refractivity contribution in [3.05, 3.63) is 71.8 Å². The molecule has 1 aliphatic rings. The number of aliphatic carboxylic acids is 1. The molecule has 28 heavy (non-hydrogen) atoms. The van der Waals surface area contributed by atoms with E-state index < -0.39 is 30.2 Å². The van der Waals surface area contributed by atoms with Gasteiger partial charge in [0.2, 0.25) is 0 Å². The first-order chi connectivity index (χ1) is 13.6. The molecule has 3 rings (SSSR count). The van der Waals surface area contributed by atoms with Crippen molar-refractivity contribution in [2.75, 3.05) is 6.54 Å². The smallest absolute Gasteiger partial charge is 0.410 e. The fraction of sp³-hybridized carbons (Fsp3) is 0.286. The highest BCUT2D eigenvalue weighted by Crippen LogP contribution is 2.23. The molecule has 0 aromatic heterocycles. The van der Waals surface area contributed by atoms with Crippen LogP contribution in [-0.4, -0.2) is 46.7 Å². The minimum atomic E-state index is -1.29. The molecule has 0 aliphatic carbocycles. The van der Waals surface area contributed by atoms with Crippen LogP contribution in [0.25, 0.3) is 0 Å². The predicted octanol–water partition coefficient (Wildman–Crippen LogP) is 3.10. The third-order valence-electron chi connectivity index (χ3n) is 4.54. The quantitative estimate of drug-likeness (QED) is 0.798. The van der Waals surface area contributed by atoms with E-state index in [0.29, 0.717) is 18.4 Å². The summed E-state index contributed by atoms with van der Waals surface area (Å²) in [6.07, 6.45) is -0.811. The number of rotatable bonds is 5. The van der Waals surface area contributed by atoms with Crippen molar-refractivity contribution >= 4 is 18.0 Å². The van der Waals surface area contributed by atoms with Crippen LogP contribution in [0.5, 0.6) is 0 Å². The molecule has 1 saturated heterocycles. The Labute approximate surface area is 162 Å². The Bertz CT molecular complexity index is 823. The van der Waals surface area contributed by atoms with Gasteiger partial charge < -0.3 is 14.6 Å². The zero-order chi connectivity index (χ0) is 19.9. The summed E-state index contributed by atoms with van der Waals surface area (Å²) in [6.45, 7) is 0.265. The lowest BCUT2D eigenvalue weighted by molar-refractivity contribution is -0.149. The Hall–Kier alpha value is -3.35. The molecule has 0 unspecified atom stereocenters. The molecular weight excluding hydrogens is 362 g/mol. The Balaban J connectivity index is 1.68. The minimum absolute atomic E-state index is 0.0387. The fourth-order valence-corrected chi connectivity index (χ4v) is 3.16. The Morgan fingerprint density at radius 1 is 1.00 bits per heavy atom. The number of likely N-dealkylation sites (tertiary alicyclic amines) is 1. The number of ether oxygens (including phenoxy) is 2. The number of hydrogen-bond acceptors (Lipinski definition) is 5. The van der Waals surface area contributed by atoms with E-state index in [1.54, 1.807) is 30.3 Å². The van der Waals surface area contributed by atoms with Gasteiger partial charge in [-0.05, 0) is 30.5 Å². The second-order valence-electron chi connectivity index (χ2n) is 6.47. The zero-order valence-electron chi connectivity index (χ0n) is 15.2. The molecular formula is C21H21NO6. The third-order valence-corrected chi connectivity index (χ3v) is 4.54. The van der Waals surface area contributed by atoms with Crippen molar-refractivity contribution in [2.45, 2.75) is 31.6 Å². The molecule has 0 radical (unpaired) electrons. The number of carbonyl (C=O) groups excluding carboxylic acids is 2. The van der Waals surface area contributed by atoms with Crippen molar-refractivity contribution in [3.63, 3.8) is 0 Å². The van der Waals surface area contributed by atoms with Gasteiger partial charge in [-0.15, -0.1) is 0 Å². The standard InChI is InChI=1S/C21H21NO6/c23-19(24)18-17(28-20(25)16-10-5-2-6-11-16)12-7-13-22(18)21(26)27-14-15-8-3-1-4-9-15/h1-6,8-11,17-18H,7,12-14H2,(H,23,24)/t17-,18-/m0/s1. The van der Waals surface area contributed by atoms with E-state index in [1.165, 1.54) is 0 Å². The van der Waals surface area contributed by atoms with Gasteiger partial charge in [-0.1, -0.05) is 48.5 Å². The molecule has 1 fully saturated rings. The lowest BCUT2D eigenvalue weighted by Gasteiger charge is -2.37. The van der Waals surface area contributed by atoms with E-state index in [-0.39, 0.29) is 13.2 Å². The van der Waals surface area contributed by atoms with Crippen LogP contribution < -0.4 is 0 Å². The first kappa shape index (κ1) is 19.4. The lowest BCUT2D eigenvalue weighted by atomic mass is 9.99. The molecule has 0 spiro atoms. The van der Waals surface area contributed by atoms with E-state index in [1.807, 2.05) is 30.3 Å². The number of benzene rings is 2. The molecule has 0 saturated carbocycles. The van der Waals surface area contributed by atoms with Crippen LogP contribution in [0.2, 0.25) is 0 Å². The van der Waals surface area contributed by atoms with Crippen LogP contribution in [0.4, 0.5) is 4.79 Å². The molecule has 7 nitrogen and oxygen atoms in total. The highest BCUT2D eigenvalue weighted by Gasteiger charge is 2.42. The van der Waals surface area contributed by atoms with E-state index in [2.05, 4.69) is 0 Å². The minimum Gasteiger partial charge on any atom is -0.480 e. The van der Waals surface area contributed by atoms with E-state index in [4.69, 9.17) is 9.47 Å². The van der Waals surface area contributed by atoms with Crippen molar-refractivity contribution in [1.29, 1.82) is 0 Å². The Kier molecular flexibility index (Phi) is 6.26. The summed E-state index contributed by atoms with van der Waals surface area (Å²) in [7, 11) is 0. The van der Waals surface area contributed by atoms with Crippen LogP contribution in [0.15, 0.2) is 60.7 Å². The van der Waals surface area contributed by atoms with Crippen molar-refractivity contribution in [1.82, 2.24) is 4.90 Å². The topological polar surface area (TPSA) is 93.1 Å². The van der Waals surface area contributed by atoms with Gasteiger partial charge in [-0.25, -0.2) is 14.4 Å². The molecule has 2 atom stereocenters. The van der Waals surface area contributed by atoms with Crippen LogP contribution in [-0.2, 0) is 20.9 Å². The SMILES string of the molecule is O=C(O[C@H]1CCCN(C(=O)OCc2ccccc2)[C@@H]1C(=O)O)c1ccccc1. The number of piperidine rings is 1. The summed E-state index contributed by atoms with van der Waals surface area (Å²) in [5.41, 5.74) is 1.13. The number of amides is 1. The Morgan fingerprint density at radius 2 is 1.64 bits per heavy atom. The van der Waals surface area contributed by atoms with Gasteiger partial charge in [0.25, 0.3) is 0 Å². The van der Waals surface area contributed by atoms with Crippen molar-refractivity contribution < 1.29 is 29.0 Å². The number of carboxylic acids is 1. The normalized spacial score (nSPS) is 18.9.